The van der Waals surface area contributed by atoms with Gasteiger partial charge in [-0.2, -0.15) is 0 Å². The predicted octanol–water partition coefficient (Wildman–Crippen LogP) is 4.15. The average molecular weight is 463 g/mol. The highest BCUT2D eigenvalue weighted by molar-refractivity contribution is 7.18. The van der Waals surface area contributed by atoms with Crippen LogP contribution in [0.2, 0.25) is 10.0 Å². The third-order valence-corrected chi connectivity index (χ3v) is 6.49. The number of benzene rings is 1. The van der Waals surface area contributed by atoms with Crippen LogP contribution in [0, 0.1) is 0 Å². The summed E-state index contributed by atoms with van der Waals surface area (Å²) < 4.78 is 0. The van der Waals surface area contributed by atoms with Crippen LogP contribution in [-0.4, -0.2) is 53.9 Å². The number of ketones is 1. The van der Waals surface area contributed by atoms with E-state index in [0.29, 0.717) is 5.13 Å². The molecule has 1 fully saturated rings. The molecule has 3 aromatic rings. The number of carbonyl (C=O) groups excluding carboxylic acids is 1. The maximum absolute atomic E-state index is 12.9. The molecule has 3 N–H and O–H groups in total. The molecule has 1 saturated heterocycles. The van der Waals surface area contributed by atoms with Gasteiger partial charge >= 0.3 is 0 Å². The highest BCUT2D eigenvalue weighted by Crippen LogP contribution is 2.34. The van der Waals surface area contributed by atoms with Crippen LogP contribution in [0.15, 0.2) is 36.5 Å². The van der Waals surface area contributed by atoms with Crippen molar-refractivity contribution in [2.75, 3.05) is 49.2 Å². The van der Waals surface area contributed by atoms with Crippen molar-refractivity contribution in [1.82, 2.24) is 14.9 Å². The average Bonchev–Trinajstić information content (AvgIpc) is 3.09. The smallest absolute Gasteiger partial charge is 0.209 e. The Hall–Kier alpha value is -2.39. The maximum atomic E-state index is 12.9. The second-order valence-electron chi connectivity index (χ2n) is 6.98. The summed E-state index contributed by atoms with van der Waals surface area (Å²) in [5.74, 6) is 0.722. The van der Waals surface area contributed by atoms with E-state index in [1.54, 1.807) is 24.4 Å². The van der Waals surface area contributed by atoms with Gasteiger partial charge < -0.3 is 20.9 Å². The summed E-state index contributed by atoms with van der Waals surface area (Å²) in [4.78, 5) is 26.5. The molecule has 7 nitrogen and oxygen atoms in total. The topological polar surface area (TPSA) is 87.4 Å². The first-order valence-corrected chi connectivity index (χ1v) is 10.9. The van der Waals surface area contributed by atoms with Crippen LogP contribution < -0.4 is 16.0 Å². The monoisotopic (exact) mass is 462 g/mol. The number of carbonyl (C=O) groups is 1. The van der Waals surface area contributed by atoms with Crippen molar-refractivity contribution in [2.24, 2.45) is 0 Å². The first-order valence-electron chi connectivity index (χ1n) is 9.34. The Morgan fingerprint density at radius 3 is 2.47 bits per heavy atom. The molecule has 1 aliphatic heterocycles. The lowest BCUT2D eigenvalue weighted by Gasteiger charge is -2.33. The van der Waals surface area contributed by atoms with Gasteiger partial charge in [0.1, 0.15) is 16.5 Å². The third-order valence-electron chi connectivity index (χ3n) is 4.88. The Balaban J connectivity index is 1.49. The number of thiazole rings is 1. The molecule has 0 atom stereocenters. The SMILES string of the molecule is CN1CCN(c2ccc(Nc3nc(N)c(C(=O)c4c(Cl)cccc4Cl)s3)cn2)CC1. The minimum Gasteiger partial charge on any atom is -0.382 e. The van der Waals surface area contributed by atoms with Gasteiger partial charge in [0.2, 0.25) is 5.78 Å². The van der Waals surface area contributed by atoms with Crippen molar-refractivity contribution in [3.05, 3.63) is 57.0 Å². The molecule has 30 heavy (non-hydrogen) atoms. The number of likely N-dealkylation sites (N-methyl/N-ethyl adjacent to an activating group) is 1. The summed E-state index contributed by atoms with van der Waals surface area (Å²) in [6.07, 6.45) is 1.75. The molecule has 0 bridgehead atoms. The molecule has 1 aliphatic rings. The van der Waals surface area contributed by atoms with Crippen molar-refractivity contribution in [3.8, 4) is 0 Å². The molecule has 2 aromatic heterocycles. The van der Waals surface area contributed by atoms with Crippen molar-refractivity contribution < 1.29 is 4.79 Å². The number of pyridine rings is 1. The first kappa shape index (κ1) is 20.9. The fraction of sp³-hybridized carbons (Fsp3) is 0.250. The Kier molecular flexibility index (Phi) is 6.10. The standard InChI is InChI=1S/C20H20Cl2N6OS/c1-27-7-9-28(10-8-27)15-6-5-12(11-24-15)25-20-26-19(23)18(30-20)17(29)16-13(21)3-2-4-14(16)22/h2-6,11H,7-10,23H2,1H3,(H,25,26). The van der Waals surface area contributed by atoms with Crippen molar-refractivity contribution in [1.29, 1.82) is 0 Å². The maximum Gasteiger partial charge on any atom is 0.209 e. The van der Waals surface area contributed by atoms with Crippen molar-refractivity contribution in [2.45, 2.75) is 0 Å². The van der Waals surface area contributed by atoms with Crippen LogP contribution in [0.4, 0.5) is 22.5 Å². The fourth-order valence-electron chi connectivity index (χ4n) is 3.18. The minimum absolute atomic E-state index is 0.130. The number of piperazine rings is 1. The number of rotatable bonds is 5. The zero-order chi connectivity index (χ0) is 21.3. The highest BCUT2D eigenvalue weighted by Gasteiger charge is 2.23. The molecule has 10 heteroatoms. The zero-order valence-corrected chi connectivity index (χ0v) is 18.6. The number of hydrogen-bond donors (Lipinski definition) is 2. The summed E-state index contributed by atoms with van der Waals surface area (Å²) in [5.41, 5.74) is 6.98. The molecule has 156 valence electrons. The second-order valence-corrected chi connectivity index (χ2v) is 8.79. The van der Waals surface area contributed by atoms with Crippen LogP contribution in [0.5, 0.6) is 0 Å². The second kappa shape index (κ2) is 8.77. The van der Waals surface area contributed by atoms with Gasteiger partial charge in [0.25, 0.3) is 0 Å². The van der Waals surface area contributed by atoms with Gasteiger partial charge in [-0.25, -0.2) is 9.97 Å². The molecular weight excluding hydrogens is 443 g/mol. The van der Waals surface area contributed by atoms with E-state index in [1.807, 2.05) is 12.1 Å². The number of nitrogens with zero attached hydrogens (tertiary/aromatic N) is 4. The van der Waals surface area contributed by atoms with E-state index in [4.69, 9.17) is 28.9 Å². The van der Waals surface area contributed by atoms with Gasteiger partial charge in [-0.3, -0.25) is 4.79 Å². The number of anilines is 4. The number of hydrogen-bond acceptors (Lipinski definition) is 8. The quantitative estimate of drug-likeness (QED) is 0.550. The van der Waals surface area contributed by atoms with E-state index < -0.39 is 0 Å². The number of aromatic nitrogens is 2. The van der Waals surface area contributed by atoms with Crippen molar-refractivity contribution >= 4 is 62.8 Å². The molecule has 1 aromatic carbocycles. The third kappa shape index (κ3) is 4.37. The first-order chi connectivity index (χ1) is 14.4. The zero-order valence-electron chi connectivity index (χ0n) is 16.2. The summed E-state index contributed by atoms with van der Waals surface area (Å²) >= 11 is 13.5. The Labute approximate surface area is 188 Å². The van der Waals surface area contributed by atoms with Gasteiger partial charge in [0.05, 0.1) is 27.5 Å². The molecule has 3 heterocycles. The van der Waals surface area contributed by atoms with Gasteiger partial charge in [0.15, 0.2) is 5.13 Å². The minimum atomic E-state index is -0.350. The normalized spacial score (nSPS) is 14.7. The van der Waals surface area contributed by atoms with Crippen LogP contribution in [0.25, 0.3) is 0 Å². The lowest BCUT2D eigenvalue weighted by Crippen LogP contribution is -2.44. The number of nitrogens with two attached hydrogens (primary N) is 1. The summed E-state index contributed by atoms with van der Waals surface area (Å²) in [7, 11) is 2.12. The van der Waals surface area contributed by atoms with Gasteiger partial charge in [-0.1, -0.05) is 40.6 Å². The van der Waals surface area contributed by atoms with E-state index in [2.05, 4.69) is 32.1 Å². The van der Waals surface area contributed by atoms with E-state index >= 15 is 0 Å². The Morgan fingerprint density at radius 1 is 1.13 bits per heavy atom. The number of nitrogen functional groups attached to an aromatic ring is 1. The van der Waals surface area contributed by atoms with E-state index in [-0.39, 0.29) is 32.1 Å². The molecule has 0 amide bonds. The lowest BCUT2D eigenvalue weighted by atomic mass is 10.1. The Morgan fingerprint density at radius 2 is 1.83 bits per heavy atom. The largest absolute Gasteiger partial charge is 0.382 e. The van der Waals surface area contributed by atoms with Crippen LogP contribution in [0.1, 0.15) is 15.2 Å². The molecule has 4 rings (SSSR count). The molecule has 0 unspecified atom stereocenters. The molecular formula is C20H20Cl2N6OS. The van der Waals surface area contributed by atoms with Crippen molar-refractivity contribution in [3.63, 3.8) is 0 Å². The van der Waals surface area contributed by atoms with Gasteiger partial charge in [-0.15, -0.1) is 0 Å². The van der Waals surface area contributed by atoms with Gasteiger partial charge in [-0.05, 0) is 31.3 Å². The predicted molar refractivity (Wildman–Crippen MR) is 124 cm³/mol. The summed E-state index contributed by atoms with van der Waals surface area (Å²) in [6.45, 7) is 3.95. The van der Waals surface area contributed by atoms with E-state index in [1.165, 1.54) is 0 Å². The lowest BCUT2D eigenvalue weighted by molar-refractivity contribution is 0.104. The summed E-state index contributed by atoms with van der Waals surface area (Å²) in [5, 5.41) is 4.20. The van der Waals surface area contributed by atoms with Crippen LogP contribution in [-0.2, 0) is 0 Å². The number of halogens is 2. The Bertz CT molecular complexity index is 1040. The van der Waals surface area contributed by atoms with Crippen LogP contribution in [0.3, 0.4) is 0 Å². The molecule has 0 aliphatic carbocycles. The van der Waals surface area contributed by atoms with Gasteiger partial charge in [0, 0.05) is 26.2 Å². The molecule has 0 saturated carbocycles. The number of nitrogens with one attached hydrogen (secondary N) is 1. The van der Waals surface area contributed by atoms with Crippen LogP contribution >= 0.6 is 34.5 Å². The molecule has 0 spiro atoms. The fourth-order valence-corrected chi connectivity index (χ4v) is 4.60. The van der Waals surface area contributed by atoms with E-state index in [0.717, 1.165) is 49.0 Å². The summed E-state index contributed by atoms with van der Waals surface area (Å²) in [6, 6.07) is 8.82. The van der Waals surface area contributed by atoms with E-state index in [9.17, 15) is 4.79 Å². The highest BCUT2D eigenvalue weighted by atomic mass is 35.5. The molecule has 0 radical (unpaired) electrons.